The van der Waals surface area contributed by atoms with Crippen molar-refractivity contribution in [3.63, 3.8) is 0 Å². The van der Waals surface area contributed by atoms with Gasteiger partial charge in [0.2, 0.25) is 0 Å². The molecule has 1 saturated heterocycles. The van der Waals surface area contributed by atoms with Crippen LogP contribution in [0.25, 0.3) is 22.2 Å². The minimum Gasteiger partial charge on any atom is -0.378 e. The van der Waals surface area contributed by atoms with E-state index in [9.17, 15) is 4.79 Å². The summed E-state index contributed by atoms with van der Waals surface area (Å²) in [5.41, 5.74) is 4.42. The first kappa shape index (κ1) is 17.0. The maximum atomic E-state index is 11.3. The smallest absolute Gasteiger partial charge is 0.300 e. The van der Waals surface area contributed by atoms with Crippen LogP contribution in [0.2, 0.25) is 0 Å². The highest BCUT2D eigenvalue weighted by Gasteiger charge is 2.13. The number of hydrogen-bond acceptors (Lipinski definition) is 5. The van der Waals surface area contributed by atoms with Gasteiger partial charge in [0.1, 0.15) is 5.82 Å². The van der Waals surface area contributed by atoms with Crippen molar-refractivity contribution in [1.82, 2.24) is 9.97 Å². The van der Waals surface area contributed by atoms with Crippen molar-refractivity contribution in [1.29, 1.82) is 0 Å². The number of carbonyl (C=O) groups is 1. The lowest BCUT2D eigenvalue weighted by Gasteiger charge is -2.27. The second-order valence-electron chi connectivity index (χ2n) is 6.21. The zero-order valence-electron chi connectivity index (χ0n) is 14.7. The number of anilines is 2. The third-order valence-electron chi connectivity index (χ3n) is 4.47. The van der Waals surface area contributed by atoms with Crippen LogP contribution in [0, 0.1) is 12.3 Å². The molecule has 0 bridgehead atoms. The van der Waals surface area contributed by atoms with E-state index >= 15 is 0 Å². The second kappa shape index (κ2) is 7.44. The number of carbonyl (C=O) groups excluding carboxylic acids is 1. The summed E-state index contributed by atoms with van der Waals surface area (Å²) in [5.74, 6) is 2.45. The molecule has 134 valence electrons. The average molecular weight is 358 g/mol. The van der Waals surface area contributed by atoms with Crippen molar-refractivity contribution in [2.75, 3.05) is 36.5 Å². The molecule has 1 N–H and O–H groups in total. The number of nitrogens with zero attached hydrogens (tertiary/aromatic N) is 3. The molecule has 0 spiro atoms. The normalized spacial score (nSPS) is 14.0. The minimum atomic E-state index is -0.459. The molecule has 2 aromatic carbocycles. The third-order valence-corrected chi connectivity index (χ3v) is 4.47. The van der Waals surface area contributed by atoms with Gasteiger partial charge in [0.15, 0.2) is 0 Å². The second-order valence-corrected chi connectivity index (χ2v) is 6.21. The molecule has 0 radical (unpaired) electrons. The van der Waals surface area contributed by atoms with Gasteiger partial charge in [-0.2, -0.15) is 0 Å². The summed E-state index contributed by atoms with van der Waals surface area (Å²) in [6, 6.07) is 13.5. The Morgan fingerprint density at radius 1 is 1.07 bits per heavy atom. The molecule has 4 rings (SSSR count). The highest BCUT2D eigenvalue weighted by atomic mass is 16.5. The molecule has 6 nitrogen and oxygen atoms in total. The van der Waals surface area contributed by atoms with E-state index in [2.05, 4.69) is 15.2 Å². The van der Waals surface area contributed by atoms with Gasteiger partial charge < -0.3 is 15.0 Å². The van der Waals surface area contributed by atoms with E-state index in [0.717, 1.165) is 41.1 Å². The van der Waals surface area contributed by atoms with Crippen LogP contribution in [0.3, 0.4) is 0 Å². The fourth-order valence-electron chi connectivity index (χ4n) is 3.04. The molecular weight excluding hydrogens is 340 g/mol. The summed E-state index contributed by atoms with van der Waals surface area (Å²) >= 11 is 0. The lowest BCUT2D eigenvalue weighted by molar-refractivity contribution is -0.111. The summed E-state index contributed by atoms with van der Waals surface area (Å²) in [5, 5.41) is 2.63. The molecule has 1 aromatic heterocycles. The first-order valence-electron chi connectivity index (χ1n) is 8.70. The van der Waals surface area contributed by atoms with Gasteiger partial charge in [0.05, 0.1) is 30.4 Å². The standard InChI is InChI=1S/C21H18N4O2/c1-2-21(26)23-17-6-3-15(4-7-17)16-5-8-18-19(13-16)24-20(14-22-18)25-9-11-27-12-10-25/h1,3-8,13-14H,9-12H2,(H,23,26). The van der Waals surface area contributed by atoms with Crippen molar-refractivity contribution in [2.45, 2.75) is 0 Å². The van der Waals surface area contributed by atoms with Crippen molar-refractivity contribution < 1.29 is 9.53 Å². The first-order chi connectivity index (χ1) is 13.2. The van der Waals surface area contributed by atoms with Crippen molar-refractivity contribution in [3.8, 4) is 23.5 Å². The molecule has 6 heteroatoms. The molecule has 2 heterocycles. The van der Waals surface area contributed by atoms with Crippen molar-refractivity contribution in [2.24, 2.45) is 0 Å². The Hall–Kier alpha value is -3.43. The topological polar surface area (TPSA) is 67.4 Å². The van der Waals surface area contributed by atoms with Gasteiger partial charge in [-0.15, -0.1) is 6.42 Å². The number of nitrogens with one attached hydrogen (secondary N) is 1. The Kier molecular flexibility index (Phi) is 4.69. The van der Waals surface area contributed by atoms with E-state index in [1.165, 1.54) is 0 Å². The quantitative estimate of drug-likeness (QED) is 0.729. The van der Waals surface area contributed by atoms with Crippen LogP contribution in [0.1, 0.15) is 0 Å². The van der Waals surface area contributed by atoms with E-state index in [4.69, 9.17) is 16.1 Å². The van der Waals surface area contributed by atoms with Gasteiger partial charge in [0, 0.05) is 18.8 Å². The van der Waals surface area contributed by atoms with Crippen LogP contribution in [-0.4, -0.2) is 42.2 Å². The summed E-state index contributed by atoms with van der Waals surface area (Å²) in [6.07, 6.45) is 6.89. The largest absolute Gasteiger partial charge is 0.378 e. The molecule has 1 amide bonds. The van der Waals surface area contributed by atoms with E-state index in [-0.39, 0.29) is 0 Å². The Morgan fingerprint density at radius 3 is 2.56 bits per heavy atom. The van der Waals surface area contributed by atoms with Gasteiger partial charge in [-0.1, -0.05) is 18.2 Å². The number of benzene rings is 2. The lowest BCUT2D eigenvalue weighted by Crippen LogP contribution is -2.36. The monoisotopic (exact) mass is 358 g/mol. The molecule has 0 aliphatic carbocycles. The zero-order valence-corrected chi connectivity index (χ0v) is 14.7. The number of rotatable bonds is 3. The lowest BCUT2D eigenvalue weighted by atomic mass is 10.0. The molecule has 3 aromatic rings. The Morgan fingerprint density at radius 2 is 1.81 bits per heavy atom. The number of aromatic nitrogens is 2. The fourth-order valence-corrected chi connectivity index (χ4v) is 3.04. The van der Waals surface area contributed by atoms with Crippen molar-refractivity contribution in [3.05, 3.63) is 48.7 Å². The van der Waals surface area contributed by atoms with Crippen LogP contribution >= 0.6 is 0 Å². The highest BCUT2D eigenvalue weighted by molar-refractivity contribution is 6.03. The molecular formula is C21H18N4O2. The van der Waals surface area contributed by atoms with E-state index in [1.54, 1.807) is 0 Å². The number of morpholine rings is 1. The molecule has 0 atom stereocenters. The summed E-state index contributed by atoms with van der Waals surface area (Å²) < 4.78 is 5.40. The predicted octanol–water partition coefficient (Wildman–Crippen LogP) is 2.71. The molecule has 1 aliphatic heterocycles. The average Bonchev–Trinajstić information content (AvgIpc) is 2.74. The minimum absolute atomic E-state index is 0.459. The summed E-state index contributed by atoms with van der Waals surface area (Å²) in [6.45, 7) is 3.07. The highest BCUT2D eigenvalue weighted by Crippen LogP contribution is 2.25. The van der Waals surface area contributed by atoms with Gasteiger partial charge in [0.25, 0.3) is 5.91 Å². The maximum Gasteiger partial charge on any atom is 0.300 e. The van der Waals surface area contributed by atoms with Gasteiger partial charge in [-0.3, -0.25) is 9.78 Å². The predicted molar refractivity (Wildman–Crippen MR) is 105 cm³/mol. The number of amides is 1. The van der Waals surface area contributed by atoms with Gasteiger partial charge >= 0.3 is 0 Å². The third kappa shape index (κ3) is 3.73. The van der Waals surface area contributed by atoms with E-state index in [0.29, 0.717) is 18.9 Å². The SMILES string of the molecule is C#CC(=O)Nc1ccc(-c2ccc3ncc(N4CCOCC4)nc3c2)cc1. The summed E-state index contributed by atoms with van der Waals surface area (Å²) in [4.78, 5) is 22.8. The van der Waals surface area contributed by atoms with Crippen LogP contribution in [0.15, 0.2) is 48.7 Å². The van der Waals surface area contributed by atoms with Crippen molar-refractivity contribution >= 4 is 28.4 Å². The van der Waals surface area contributed by atoms with Gasteiger partial charge in [-0.05, 0) is 41.3 Å². The Balaban J connectivity index is 1.62. The number of terminal acetylenes is 1. The van der Waals surface area contributed by atoms with Crippen LogP contribution in [0.5, 0.6) is 0 Å². The van der Waals surface area contributed by atoms with Crippen LogP contribution in [-0.2, 0) is 9.53 Å². The van der Waals surface area contributed by atoms with E-state index < -0.39 is 5.91 Å². The molecule has 0 unspecified atom stereocenters. The molecule has 0 saturated carbocycles. The maximum absolute atomic E-state index is 11.3. The van der Waals surface area contributed by atoms with E-state index in [1.807, 2.05) is 54.6 Å². The molecule has 1 aliphatic rings. The Labute approximate surface area is 157 Å². The molecule has 27 heavy (non-hydrogen) atoms. The number of hydrogen-bond donors (Lipinski definition) is 1. The van der Waals surface area contributed by atoms with Crippen LogP contribution < -0.4 is 10.2 Å². The van der Waals surface area contributed by atoms with Crippen LogP contribution in [0.4, 0.5) is 11.5 Å². The Bertz CT molecular complexity index is 1020. The molecule has 1 fully saturated rings. The van der Waals surface area contributed by atoms with Gasteiger partial charge in [-0.25, -0.2) is 4.98 Å². The number of ether oxygens (including phenoxy) is 1. The summed E-state index contributed by atoms with van der Waals surface area (Å²) in [7, 11) is 0. The fraction of sp³-hybridized carbons (Fsp3) is 0.190. The first-order valence-corrected chi connectivity index (χ1v) is 8.70. The number of fused-ring (bicyclic) bond motifs is 1. The zero-order chi connectivity index (χ0) is 18.6.